The molecule has 0 spiro atoms. The van der Waals surface area contributed by atoms with Gasteiger partial charge in [0.2, 0.25) is 0 Å². The first-order valence-corrected chi connectivity index (χ1v) is 15.6. The normalized spacial score (nSPS) is 17.1. The maximum atomic E-state index is 14.3. The van der Waals surface area contributed by atoms with Crippen LogP contribution in [0.15, 0.2) is 36.7 Å². The summed E-state index contributed by atoms with van der Waals surface area (Å²) in [6, 6.07) is 5.26. The molecule has 6 rings (SSSR count). The molecule has 0 unspecified atom stereocenters. The lowest BCUT2D eigenvalue weighted by molar-refractivity contribution is -0.0228. The van der Waals surface area contributed by atoms with E-state index in [0.29, 0.717) is 27.4 Å². The van der Waals surface area contributed by atoms with Gasteiger partial charge in [0, 0.05) is 75.4 Å². The number of aromatic carboxylic acids is 1. The molecule has 47 heavy (non-hydrogen) atoms. The number of hydrogen-bond donors (Lipinski definition) is 1. The molecule has 2 aliphatic heterocycles. The van der Waals surface area contributed by atoms with Gasteiger partial charge in [0.05, 0.1) is 18.5 Å². The minimum Gasteiger partial charge on any atom is -0.477 e. The van der Waals surface area contributed by atoms with E-state index in [2.05, 4.69) is 23.5 Å². The topological polar surface area (TPSA) is 122 Å². The highest BCUT2D eigenvalue weighted by Crippen LogP contribution is 2.33. The van der Waals surface area contributed by atoms with Gasteiger partial charge in [-0.2, -0.15) is 8.75 Å². The van der Waals surface area contributed by atoms with Gasteiger partial charge in [-0.05, 0) is 47.3 Å². The highest BCUT2D eigenvalue weighted by Gasteiger charge is 2.36. The van der Waals surface area contributed by atoms with Crippen molar-refractivity contribution in [3.8, 4) is 22.5 Å². The molecule has 0 radical (unpaired) electrons. The molecule has 0 amide bonds. The number of halogens is 6. The van der Waals surface area contributed by atoms with E-state index in [1.54, 1.807) is 0 Å². The second-order valence-electron chi connectivity index (χ2n) is 10.7. The highest BCUT2D eigenvalue weighted by molar-refractivity contribution is 7.08. The van der Waals surface area contributed by atoms with Gasteiger partial charge in [0.15, 0.2) is 23.3 Å². The van der Waals surface area contributed by atoms with Crippen LogP contribution in [0.4, 0.5) is 38.0 Å². The summed E-state index contributed by atoms with van der Waals surface area (Å²) >= 11 is 1.74. The van der Waals surface area contributed by atoms with Gasteiger partial charge in [0.1, 0.15) is 9.75 Å². The summed E-state index contributed by atoms with van der Waals surface area (Å²) in [6.07, 6.45) is 1.50. The molecule has 0 saturated carbocycles. The van der Waals surface area contributed by atoms with Crippen LogP contribution < -0.4 is 9.80 Å². The number of methoxy groups -OCH3 is 1. The van der Waals surface area contributed by atoms with E-state index in [4.69, 9.17) is 5.11 Å². The third-order valence-electron chi connectivity index (χ3n) is 7.44. The summed E-state index contributed by atoms with van der Waals surface area (Å²) in [6.45, 7) is 0.186. The monoisotopic (exact) mass is 700 g/mol. The summed E-state index contributed by atoms with van der Waals surface area (Å²) in [7, 11) is 1.26. The van der Waals surface area contributed by atoms with Crippen LogP contribution in [0.1, 0.15) is 45.0 Å². The van der Waals surface area contributed by atoms with Crippen molar-refractivity contribution < 1.29 is 45.8 Å². The average molecular weight is 701 g/mol. The van der Waals surface area contributed by atoms with Crippen LogP contribution in [0.2, 0.25) is 0 Å². The molecule has 2 fully saturated rings. The van der Waals surface area contributed by atoms with Crippen LogP contribution >= 0.6 is 23.1 Å². The van der Waals surface area contributed by atoms with Crippen molar-refractivity contribution in [3.05, 3.63) is 58.0 Å². The number of anilines is 2. The Labute approximate surface area is 272 Å². The van der Waals surface area contributed by atoms with Crippen molar-refractivity contribution in [2.24, 2.45) is 0 Å². The summed E-state index contributed by atoms with van der Waals surface area (Å²) in [5.41, 5.74) is 1.47. The fraction of sp³-hybridized carbons (Fsp3) is 0.379. The minimum absolute atomic E-state index is 0.0259. The molecule has 4 aromatic heterocycles. The number of nitrogens with zero attached hydrogens (tertiary/aromatic N) is 6. The molecule has 0 atom stereocenters. The van der Waals surface area contributed by atoms with E-state index in [-0.39, 0.29) is 68.4 Å². The number of pyridine rings is 2. The van der Waals surface area contributed by atoms with E-state index in [0.717, 1.165) is 23.1 Å². The Morgan fingerprint density at radius 3 is 1.51 bits per heavy atom. The summed E-state index contributed by atoms with van der Waals surface area (Å²) in [5, 5.41) is 8.87. The maximum absolute atomic E-state index is 14.3. The molecule has 2 aliphatic rings. The van der Waals surface area contributed by atoms with Crippen molar-refractivity contribution >= 4 is 46.6 Å². The first kappa shape index (κ1) is 34.0. The predicted molar refractivity (Wildman–Crippen MR) is 162 cm³/mol. The lowest BCUT2D eigenvalue weighted by Crippen LogP contribution is -2.40. The van der Waals surface area contributed by atoms with E-state index in [1.807, 2.05) is 0 Å². The summed E-state index contributed by atoms with van der Waals surface area (Å²) in [5.74, 6) is -8.19. The molecule has 4 aromatic rings. The van der Waals surface area contributed by atoms with Crippen LogP contribution in [0.3, 0.4) is 0 Å². The molecule has 2 saturated heterocycles. The molecule has 0 aromatic carbocycles. The SMILES string of the molecule is COC(=O)c1cc(-c2cnc(N3CCC(F)(F)CC3)c(F)c2)ns1.O=C(O)c1cc(-c2cnc(N3CCC(F)(F)CC3)c(F)c2)ns1. The molecule has 0 bridgehead atoms. The first-order chi connectivity index (χ1) is 22.2. The van der Waals surface area contributed by atoms with Crippen LogP contribution in [-0.4, -0.2) is 80.9 Å². The van der Waals surface area contributed by atoms with Gasteiger partial charge >= 0.3 is 11.9 Å². The molecule has 10 nitrogen and oxygen atoms in total. The Balaban J connectivity index is 0.000000185. The van der Waals surface area contributed by atoms with Gasteiger partial charge in [0.25, 0.3) is 11.8 Å². The zero-order chi connectivity index (χ0) is 33.9. The first-order valence-electron chi connectivity index (χ1n) is 14.1. The third kappa shape index (κ3) is 8.16. The lowest BCUT2D eigenvalue weighted by Gasteiger charge is -2.32. The number of ether oxygens (including phenoxy) is 1. The quantitative estimate of drug-likeness (QED) is 0.173. The van der Waals surface area contributed by atoms with Crippen molar-refractivity contribution in [2.75, 3.05) is 43.1 Å². The number of alkyl halides is 4. The lowest BCUT2D eigenvalue weighted by atomic mass is 10.1. The van der Waals surface area contributed by atoms with Crippen LogP contribution in [0.25, 0.3) is 22.5 Å². The summed E-state index contributed by atoms with van der Waals surface area (Å²) in [4.78, 5) is 33.7. The van der Waals surface area contributed by atoms with E-state index in [9.17, 15) is 35.9 Å². The van der Waals surface area contributed by atoms with Crippen LogP contribution in [0, 0.1) is 11.6 Å². The van der Waals surface area contributed by atoms with Gasteiger partial charge in [-0.15, -0.1) is 0 Å². The van der Waals surface area contributed by atoms with Crippen molar-refractivity contribution in [3.63, 3.8) is 0 Å². The zero-order valence-electron chi connectivity index (χ0n) is 24.6. The fourth-order valence-corrected chi connectivity index (χ4v) is 6.09. The number of aromatic nitrogens is 4. The minimum atomic E-state index is -2.71. The smallest absolute Gasteiger partial charge is 0.349 e. The van der Waals surface area contributed by atoms with E-state index >= 15 is 0 Å². The fourth-order valence-electron chi connectivity index (χ4n) is 4.82. The number of esters is 1. The zero-order valence-corrected chi connectivity index (χ0v) is 26.2. The number of hydrogen-bond acceptors (Lipinski definition) is 11. The van der Waals surface area contributed by atoms with E-state index in [1.165, 1.54) is 53.6 Å². The molecule has 1 N–H and O–H groups in total. The Kier molecular flexibility index (Phi) is 10.00. The molecular weight excluding hydrogens is 674 g/mol. The number of piperidine rings is 2. The Hall–Kier alpha value is -4.32. The van der Waals surface area contributed by atoms with Crippen LogP contribution in [-0.2, 0) is 4.74 Å². The van der Waals surface area contributed by atoms with Crippen molar-refractivity contribution in [1.29, 1.82) is 0 Å². The number of carbonyl (C=O) groups is 2. The Morgan fingerprint density at radius 2 is 1.15 bits per heavy atom. The van der Waals surface area contributed by atoms with Crippen molar-refractivity contribution in [1.82, 2.24) is 18.7 Å². The highest BCUT2D eigenvalue weighted by atomic mass is 32.1. The van der Waals surface area contributed by atoms with Gasteiger partial charge < -0.3 is 19.6 Å². The standard InChI is InChI=1S/C15H14F3N3O2S.C14H12F3N3O2S/c1-23-14(22)12-7-11(20-24-12)9-6-10(16)13(19-8-9)21-4-2-15(17,18)3-5-21;15-9-5-8(10-6-11(13(21)22)23-19-10)7-18-12(9)20-3-1-14(16,17)2-4-20/h6-8H,2-5H2,1H3;5-7H,1-4H2,(H,21,22). The van der Waals surface area contributed by atoms with Gasteiger partial charge in [-0.25, -0.2) is 45.9 Å². The Bertz CT molecular complexity index is 1750. The van der Waals surface area contributed by atoms with E-state index < -0.39 is 35.4 Å². The molecular formula is C29H26F6N6O4S2. The van der Waals surface area contributed by atoms with Crippen LogP contribution in [0.5, 0.6) is 0 Å². The third-order valence-corrected chi connectivity index (χ3v) is 8.99. The average Bonchev–Trinajstić information content (AvgIpc) is 3.73. The number of carbonyl (C=O) groups excluding carboxylic acids is 1. The maximum Gasteiger partial charge on any atom is 0.349 e. The van der Waals surface area contributed by atoms with Crippen molar-refractivity contribution in [2.45, 2.75) is 37.5 Å². The molecule has 250 valence electrons. The number of carboxylic acids is 1. The largest absolute Gasteiger partial charge is 0.477 e. The molecule has 0 aliphatic carbocycles. The summed E-state index contributed by atoms with van der Waals surface area (Å²) < 4.78 is 93.9. The molecule has 18 heteroatoms. The number of carboxylic acid groups (broad SMARTS) is 1. The second kappa shape index (κ2) is 13.8. The van der Waals surface area contributed by atoms with Gasteiger partial charge in [-0.1, -0.05) is 0 Å². The number of rotatable bonds is 6. The Morgan fingerprint density at radius 1 is 0.745 bits per heavy atom. The predicted octanol–water partition coefficient (Wildman–Crippen LogP) is 6.64. The molecule has 6 heterocycles. The second-order valence-corrected chi connectivity index (χ2v) is 12.3. The van der Waals surface area contributed by atoms with Gasteiger partial charge in [-0.3, -0.25) is 0 Å².